The average Bonchev–Trinajstić information content (AvgIpc) is 3.13. The van der Waals surface area contributed by atoms with Crippen LogP contribution in [0.4, 0.5) is 4.79 Å². The molecule has 2 aromatic carbocycles. The number of fused-ring (bicyclic) bond motifs is 3. The molecule has 8 heteroatoms. The van der Waals surface area contributed by atoms with E-state index in [4.69, 9.17) is 15.9 Å². The molecule has 3 atom stereocenters. The second-order valence-corrected chi connectivity index (χ2v) is 7.70. The Morgan fingerprint density at radius 3 is 2.15 bits per heavy atom. The third-order valence-electron chi connectivity index (χ3n) is 5.68. The van der Waals surface area contributed by atoms with Gasteiger partial charge in [0.05, 0.1) is 6.10 Å². The molecule has 3 N–H and O–H groups in total. The number of amides is 2. The molecule has 1 aliphatic carbocycles. The molecule has 2 amide bonds. The van der Waals surface area contributed by atoms with Gasteiger partial charge in [-0.15, -0.1) is 12.3 Å². The lowest BCUT2D eigenvalue weighted by Crippen LogP contribution is -2.55. The van der Waals surface area contributed by atoms with Gasteiger partial charge in [-0.2, -0.15) is 0 Å². The normalized spacial score (nSPS) is 14.7. The zero-order valence-corrected chi connectivity index (χ0v) is 18.4. The van der Waals surface area contributed by atoms with Gasteiger partial charge in [-0.25, -0.2) is 9.59 Å². The number of nitrogens with one attached hydrogen (secondary N) is 2. The molecular formula is C25H26N2O6. The third kappa shape index (κ3) is 5.33. The van der Waals surface area contributed by atoms with Gasteiger partial charge in [0.15, 0.2) is 6.04 Å². The summed E-state index contributed by atoms with van der Waals surface area (Å²) < 4.78 is 10.4. The van der Waals surface area contributed by atoms with Crippen molar-refractivity contribution in [2.45, 2.75) is 37.5 Å². The fourth-order valence-electron chi connectivity index (χ4n) is 3.88. The maximum Gasteiger partial charge on any atom is 0.407 e. The number of hydrogen-bond acceptors (Lipinski definition) is 5. The summed E-state index contributed by atoms with van der Waals surface area (Å²) in [6, 6.07) is 13.4. The molecule has 0 bridgehead atoms. The predicted octanol–water partition coefficient (Wildman–Crippen LogP) is 2.52. The van der Waals surface area contributed by atoms with Gasteiger partial charge in [-0.1, -0.05) is 48.5 Å². The number of aliphatic carboxylic acids is 1. The second-order valence-electron chi connectivity index (χ2n) is 7.70. The fourth-order valence-corrected chi connectivity index (χ4v) is 3.88. The maximum atomic E-state index is 12.6. The first-order chi connectivity index (χ1) is 15.9. The van der Waals surface area contributed by atoms with Gasteiger partial charge in [0.25, 0.3) is 0 Å². The van der Waals surface area contributed by atoms with E-state index in [9.17, 15) is 19.5 Å². The molecule has 0 aromatic heterocycles. The lowest BCUT2D eigenvalue weighted by atomic mass is 9.98. The zero-order chi connectivity index (χ0) is 24.0. The SMILES string of the molecule is C#CCC(NC(=O)OCC1c2ccccc2-c2ccccc21)C(=O)NC(C(=O)O)C(C)OC. The Morgan fingerprint density at radius 1 is 1.06 bits per heavy atom. The fraction of sp³-hybridized carbons (Fsp3) is 0.320. The summed E-state index contributed by atoms with van der Waals surface area (Å²) in [6.45, 7) is 1.58. The molecule has 0 saturated carbocycles. The van der Waals surface area contributed by atoms with Gasteiger partial charge in [-0.3, -0.25) is 4.79 Å². The molecule has 0 saturated heterocycles. The highest BCUT2D eigenvalue weighted by molar-refractivity contribution is 5.89. The minimum atomic E-state index is -1.30. The summed E-state index contributed by atoms with van der Waals surface area (Å²) in [5.74, 6) is 0.173. The molecular weight excluding hydrogens is 424 g/mol. The highest BCUT2D eigenvalue weighted by atomic mass is 16.5. The van der Waals surface area contributed by atoms with Crippen LogP contribution in [0.3, 0.4) is 0 Å². The number of alkyl carbamates (subject to hydrolysis) is 1. The number of ether oxygens (including phenoxy) is 2. The predicted molar refractivity (Wildman–Crippen MR) is 121 cm³/mol. The van der Waals surface area contributed by atoms with Crippen LogP contribution in [0.2, 0.25) is 0 Å². The second kappa shape index (κ2) is 10.7. The summed E-state index contributed by atoms with van der Waals surface area (Å²) in [5.41, 5.74) is 4.31. The van der Waals surface area contributed by atoms with Crippen LogP contribution in [0.25, 0.3) is 11.1 Å². The van der Waals surface area contributed by atoms with E-state index in [1.54, 1.807) is 0 Å². The van der Waals surface area contributed by atoms with E-state index in [2.05, 4.69) is 16.6 Å². The lowest BCUT2D eigenvalue weighted by molar-refractivity contribution is -0.145. The molecule has 0 spiro atoms. The van der Waals surface area contributed by atoms with Crippen LogP contribution in [0.5, 0.6) is 0 Å². The number of carboxylic acids is 1. The first-order valence-corrected chi connectivity index (χ1v) is 10.5. The summed E-state index contributed by atoms with van der Waals surface area (Å²) in [6.07, 6.45) is 3.60. The van der Waals surface area contributed by atoms with Crippen molar-refractivity contribution in [1.82, 2.24) is 10.6 Å². The van der Waals surface area contributed by atoms with E-state index >= 15 is 0 Å². The van der Waals surface area contributed by atoms with Crippen LogP contribution in [-0.2, 0) is 19.1 Å². The molecule has 172 valence electrons. The van der Waals surface area contributed by atoms with Crippen molar-refractivity contribution in [3.63, 3.8) is 0 Å². The Kier molecular flexibility index (Phi) is 7.70. The van der Waals surface area contributed by atoms with Gasteiger partial charge in [0, 0.05) is 19.4 Å². The van der Waals surface area contributed by atoms with Gasteiger partial charge in [0.1, 0.15) is 12.6 Å². The number of terminal acetylenes is 1. The molecule has 0 fully saturated rings. The molecule has 2 aromatic rings. The van der Waals surface area contributed by atoms with Gasteiger partial charge in [-0.05, 0) is 29.2 Å². The first kappa shape index (κ1) is 23.8. The molecule has 0 radical (unpaired) electrons. The van der Waals surface area contributed by atoms with Crippen molar-refractivity contribution >= 4 is 18.0 Å². The number of hydrogen-bond donors (Lipinski definition) is 3. The monoisotopic (exact) mass is 450 g/mol. The quantitative estimate of drug-likeness (QED) is 0.506. The highest BCUT2D eigenvalue weighted by Gasteiger charge is 2.32. The standard InChI is InChI=1S/C25H26N2O6/c1-4-9-21(23(28)27-22(24(29)30)15(2)32-3)26-25(31)33-14-20-18-12-7-5-10-16(18)17-11-6-8-13-19(17)20/h1,5-8,10-13,15,20-22H,9,14H2,2-3H3,(H,26,31)(H,27,28)(H,29,30). The lowest BCUT2D eigenvalue weighted by Gasteiger charge is -2.23. The number of methoxy groups -OCH3 is 1. The van der Waals surface area contributed by atoms with Crippen LogP contribution in [0.1, 0.15) is 30.4 Å². The van der Waals surface area contributed by atoms with Gasteiger partial charge < -0.3 is 25.2 Å². The molecule has 0 heterocycles. The Labute approximate surface area is 192 Å². The van der Waals surface area contributed by atoms with Crippen molar-refractivity contribution < 1.29 is 29.0 Å². The van der Waals surface area contributed by atoms with E-state index in [0.29, 0.717) is 0 Å². The van der Waals surface area contributed by atoms with Gasteiger partial charge in [0.2, 0.25) is 5.91 Å². The Bertz CT molecular complexity index is 1030. The van der Waals surface area contributed by atoms with Crippen LogP contribution in [0.15, 0.2) is 48.5 Å². The van der Waals surface area contributed by atoms with Crippen LogP contribution in [-0.4, -0.2) is 55.0 Å². The third-order valence-corrected chi connectivity index (χ3v) is 5.68. The topological polar surface area (TPSA) is 114 Å². The first-order valence-electron chi connectivity index (χ1n) is 10.5. The minimum Gasteiger partial charge on any atom is -0.480 e. The Balaban J connectivity index is 1.66. The van der Waals surface area contributed by atoms with E-state index < -0.39 is 36.2 Å². The number of carboxylic acid groups (broad SMARTS) is 1. The minimum absolute atomic E-state index is 0.0721. The maximum absolute atomic E-state index is 12.6. The molecule has 3 unspecified atom stereocenters. The number of carbonyl (C=O) groups excluding carboxylic acids is 2. The smallest absolute Gasteiger partial charge is 0.407 e. The van der Waals surface area contributed by atoms with Crippen LogP contribution >= 0.6 is 0 Å². The molecule has 0 aliphatic heterocycles. The van der Waals surface area contributed by atoms with Crippen molar-refractivity contribution in [3.05, 3.63) is 59.7 Å². The van der Waals surface area contributed by atoms with E-state index in [0.717, 1.165) is 22.3 Å². The summed E-state index contributed by atoms with van der Waals surface area (Å²) in [5, 5.41) is 14.1. The zero-order valence-electron chi connectivity index (χ0n) is 18.4. The van der Waals surface area contributed by atoms with Crippen LogP contribution in [0, 0.1) is 12.3 Å². The molecule has 33 heavy (non-hydrogen) atoms. The van der Waals surface area contributed by atoms with E-state index in [-0.39, 0.29) is 18.9 Å². The summed E-state index contributed by atoms with van der Waals surface area (Å²) in [7, 11) is 1.33. The summed E-state index contributed by atoms with van der Waals surface area (Å²) in [4.78, 5) is 36.5. The van der Waals surface area contributed by atoms with Crippen molar-refractivity contribution in [1.29, 1.82) is 0 Å². The van der Waals surface area contributed by atoms with Crippen LogP contribution < -0.4 is 10.6 Å². The van der Waals surface area contributed by atoms with E-state index in [1.807, 2.05) is 48.5 Å². The number of benzene rings is 2. The average molecular weight is 450 g/mol. The largest absolute Gasteiger partial charge is 0.480 e. The Hall–Kier alpha value is -3.83. The van der Waals surface area contributed by atoms with Gasteiger partial charge >= 0.3 is 12.1 Å². The highest BCUT2D eigenvalue weighted by Crippen LogP contribution is 2.44. The van der Waals surface area contributed by atoms with Crippen molar-refractivity contribution in [2.24, 2.45) is 0 Å². The van der Waals surface area contributed by atoms with Crippen molar-refractivity contribution in [2.75, 3.05) is 13.7 Å². The van der Waals surface area contributed by atoms with Crippen molar-refractivity contribution in [3.8, 4) is 23.5 Å². The van der Waals surface area contributed by atoms with E-state index in [1.165, 1.54) is 14.0 Å². The molecule has 1 aliphatic rings. The molecule has 8 nitrogen and oxygen atoms in total. The Morgan fingerprint density at radius 2 is 1.64 bits per heavy atom. The summed E-state index contributed by atoms with van der Waals surface area (Å²) >= 11 is 0. The number of rotatable bonds is 9. The molecule has 3 rings (SSSR count). The number of carbonyl (C=O) groups is 3.